The molecule has 0 bridgehead atoms. The highest BCUT2D eigenvalue weighted by Gasteiger charge is 2.17. The van der Waals surface area contributed by atoms with Gasteiger partial charge in [0.1, 0.15) is 11.5 Å². The number of hydrogen-bond donors (Lipinski definition) is 1. The SMILES string of the molecule is CCC(C)(C)c1ccc(OCCCC(=O)Oc2ccc(C(=O)Nc3ccccc3)cc2)cc1. The second-order valence-electron chi connectivity index (χ2n) is 8.53. The van der Waals surface area contributed by atoms with Crippen LogP contribution in [0.5, 0.6) is 11.5 Å². The second kappa shape index (κ2) is 11.3. The lowest BCUT2D eigenvalue weighted by molar-refractivity contribution is -0.134. The Morgan fingerprint density at radius 1 is 0.848 bits per heavy atom. The molecule has 3 rings (SSSR count). The predicted octanol–water partition coefficient (Wildman–Crippen LogP) is 6.39. The molecule has 3 aromatic rings. The molecule has 1 N–H and O–H groups in total. The third-order valence-corrected chi connectivity index (χ3v) is 5.69. The molecule has 0 heterocycles. The molecule has 5 heteroatoms. The standard InChI is InChI=1S/C28H31NO4/c1-4-28(2,3)22-14-18-24(19-15-22)32-20-8-11-26(30)33-25-16-12-21(13-17-25)27(31)29-23-9-6-5-7-10-23/h5-7,9-10,12-19H,4,8,11,20H2,1-3H3,(H,29,31). The van der Waals surface area contributed by atoms with Crippen molar-refractivity contribution in [3.63, 3.8) is 0 Å². The van der Waals surface area contributed by atoms with Crippen LogP contribution in [0.4, 0.5) is 5.69 Å². The number of amides is 1. The molecule has 0 unspecified atom stereocenters. The summed E-state index contributed by atoms with van der Waals surface area (Å²) in [6, 6.07) is 23.9. The van der Waals surface area contributed by atoms with Gasteiger partial charge >= 0.3 is 5.97 Å². The maximum atomic E-state index is 12.3. The molecule has 0 aliphatic carbocycles. The molecular weight excluding hydrogens is 414 g/mol. The van der Waals surface area contributed by atoms with Gasteiger partial charge in [0.15, 0.2) is 0 Å². The van der Waals surface area contributed by atoms with E-state index in [0.717, 1.165) is 17.9 Å². The van der Waals surface area contributed by atoms with Crippen molar-refractivity contribution in [2.45, 2.75) is 45.4 Å². The molecule has 0 aliphatic rings. The summed E-state index contributed by atoms with van der Waals surface area (Å²) in [6.45, 7) is 7.06. The van der Waals surface area contributed by atoms with Gasteiger partial charge in [0, 0.05) is 17.7 Å². The number of nitrogens with one attached hydrogen (secondary N) is 1. The minimum absolute atomic E-state index is 0.145. The number of carbonyl (C=O) groups excluding carboxylic acids is 2. The number of hydrogen-bond acceptors (Lipinski definition) is 4. The van der Waals surface area contributed by atoms with Crippen molar-refractivity contribution in [3.8, 4) is 11.5 Å². The van der Waals surface area contributed by atoms with Crippen LogP contribution < -0.4 is 14.8 Å². The van der Waals surface area contributed by atoms with Crippen molar-refractivity contribution in [1.82, 2.24) is 0 Å². The zero-order valence-electron chi connectivity index (χ0n) is 19.5. The van der Waals surface area contributed by atoms with Crippen molar-refractivity contribution in [2.24, 2.45) is 0 Å². The minimum atomic E-state index is -0.333. The Balaban J connectivity index is 1.39. The van der Waals surface area contributed by atoms with E-state index in [2.05, 4.69) is 38.2 Å². The fraction of sp³-hybridized carbons (Fsp3) is 0.286. The Morgan fingerprint density at radius 3 is 2.12 bits per heavy atom. The molecule has 33 heavy (non-hydrogen) atoms. The van der Waals surface area contributed by atoms with Gasteiger partial charge in [-0.2, -0.15) is 0 Å². The fourth-order valence-corrected chi connectivity index (χ4v) is 3.19. The van der Waals surface area contributed by atoms with Crippen molar-refractivity contribution >= 4 is 17.6 Å². The zero-order valence-corrected chi connectivity index (χ0v) is 19.5. The molecule has 0 saturated heterocycles. The van der Waals surface area contributed by atoms with Crippen molar-refractivity contribution in [2.75, 3.05) is 11.9 Å². The van der Waals surface area contributed by atoms with Crippen LogP contribution in [0, 0.1) is 0 Å². The quantitative estimate of drug-likeness (QED) is 0.223. The zero-order chi connectivity index (χ0) is 23.7. The van der Waals surface area contributed by atoms with Crippen LogP contribution in [-0.2, 0) is 10.2 Å². The number of anilines is 1. The average molecular weight is 446 g/mol. The normalized spacial score (nSPS) is 11.0. The molecule has 0 aromatic heterocycles. The summed E-state index contributed by atoms with van der Waals surface area (Å²) in [5.41, 5.74) is 2.64. The van der Waals surface area contributed by atoms with Gasteiger partial charge in [-0.25, -0.2) is 0 Å². The number of benzene rings is 3. The largest absolute Gasteiger partial charge is 0.494 e. The van der Waals surface area contributed by atoms with Crippen LogP contribution in [0.2, 0.25) is 0 Å². The highest BCUT2D eigenvalue weighted by molar-refractivity contribution is 6.04. The van der Waals surface area contributed by atoms with Crippen LogP contribution in [-0.4, -0.2) is 18.5 Å². The Morgan fingerprint density at radius 2 is 1.48 bits per heavy atom. The predicted molar refractivity (Wildman–Crippen MR) is 131 cm³/mol. The molecule has 1 amide bonds. The number of para-hydroxylation sites is 1. The van der Waals surface area contributed by atoms with E-state index in [9.17, 15) is 9.59 Å². The molecule has 172 valence electrons. The van der Waals surface area contributed by atoms with E-state index in [-0.39, 0.29) is 23.7 Å². The number of esters is 1. The highest BCUT2D eigenvalue weighted by Crippen LogP contribution is 2.28. The molecule has 0 radical (unpaired) electrons. The van der Waals surface area contributed by atoms with Gasteiger partial charge in [-0.3, -0.25) is 9.59 Å². The molecule has 3 aromatic carbocycles. The van der Waals surface area contributed by atoms with Gasteiger partial charge in [0.05, 0.1) is 6.61 Å². The number of ether oxygens (including phenoxy) is 2. The van der Waals surface area contributed by atoms with Crippen LogP contribution in [0.25, 0.3) is 0 Å². The first-order valence-electron chi connectivity index (χ1n) is 11.3. The first-order chi connectivity index (χ1) is 15.9. The van der Waals surface area contributed by atoms with Crippen molar-refractivity contribution < 1.29 is 19.1 Å². The van der Waals surface area contributed by atoms with E-state index in [1.165, 1.54) is 5.56 Å². The van der Waals surface area contributed by atoms with Gasteiger partial charge in [-0.1, -0.05) is 51.1 Å². The van der Waals surface area contributed by atoms with Gasteiger partial charge in [-0.15, -0.1) is 0 Å². The lowest BCUT2D eigenvalue weighted by Crippen LogP contribution is -2.15. The first kappa shape index (κ1) is 24.1. The smallest absolute Gasteiger partial charge is 0.311 e. The van der Waals surface area contributed by atoms with Gasteiger partial charge in [0.2, 0.25) is 0 Å². The third kappa shape index (κ3) is 7.21. The lowest BCUT2D eigenvalue weighted by Gasteiger charge is -2.23. The second-order valence-corrected chi connectivity index (χ2v) is 8.53. The molecule has 0 saturated carbocycles. The summed E-state index contributed by atoms with van der Waals surface area (Å²) in [5, 5.41) is 2.82. The van der Waals surface area contributed by atoms with Gasteiger partial charge < -0.3 is 14.8 Å². The summed E-state index contributed by atoms with van der Waals surface area (Å²) in [4.78, 5) is 24.4. The molecule has 5 nitrogen and oxygen atoms in total. The molecule has 0 spiro atoms. The van der Waals surface area contributed by atoms with Gasteiger partial charge in [0.25, 0.3) is 5.91 Å². The topological polar surface area (TPSA) is 64.6 Å². The number of rotatable bonds is 10. The van der Waals surface area contributed by atoms with E-state index in [1.807, 2.05) is 42.5 Å². The minimum Gasteiger partial charge on any atom is -0.494 e. The molecule has 0 atom stereocenters. The summed E-state index contributed by atoms with van der Waals surface area (Å²) < 4.78 is 11.1. The van der Waals surface area contributed by atoms with E-state index < -0.39 is 0 Å². The monoisotopic (exact) mass is 445 g/mol. The van der Waals surface area contributed by atoms with Crippen LogP contribution in [0.15, 0.2) is 78.9 Å². The first-order valence-corrected chi connectivity index (χ1v) is 11.3. The maximum absolute atomic E-state index is 12.3. The number of carbonyl (C=O) groups is 2. The molecular formula is C28H31NO4. The fourth-order valence-electron chi connectivity index (χ4n) is 3.19. The Hall–Kier alpha value is -3.60. The highest BCUT2D eigenvalue weighted by atomic mass is 16.5. The van der Waals surface area contributed by atoms with E-state index in [0.29, 0.717) is 24.3 Å². The summed E-state index contributed by atoms with van der Waals surface area (Å²) in [5.74, 6) is 0.650. The Bertz CT molecular complexity index is 1040. The Labute approximate surface area is 195 Å². The van der Waals surface area contributed by atoms with Gasteiger partial charge in [-0.05, 0) is 72.4 Å². The summed E-state index contributed by atoms with van der Waals surface area (Å²) in [6.07, 6.45) is 1.87. The Kier molecular flexibility index (Phi) is 8.25. The van der Waals surface area contributed by atoms with E-state index in [1.54, 1.807) is 24.3 Å². The summed E-state index contributed by atoms with van der Waals surface area (Å²) >= 11 is 0. The van der Waals surface area contributed by atoms with E-state index >= 15 is 0 Å². The van der Waals surface area contributed by atoms with E-state index in [4.69, 9.17) is 9.47 Å². The van der Waals surface area contributed by atoms with Crippen molar-refractivity contribution in [1.29, 1.82) is 0 Å². The maximum Gasteiger partial charge on any atom is 0.311 e. The average Bonchev–Trinajstić information content (AvgIpc) is 2.83. The molecule has 0 aliphatic heterocycles. The van der Waals surface area contributed by atoms with Crippen LogP contribution >= 0.6 is 0 Å². The van der Waals surface area contributed by atoms with Crippen LogP contribution in [0.1, 0.15) is 56.0 Å². The third-order valence-electron chi connectivity index (χ3n) is 5.69. The van der Waals surface area contributed by atoms with Crippen LogP contribution in [0.3, 0.4) is 0 Å². The van der Waals surface area contributed by atoms with Crippen molar-refractivity contribution in [3.05, 3.63) is 90.0 Å². The lowest BCUT2D eigenvalue weighted by atomic mass is 9.82. The summed E-state index contributed by atoms with van der Waals surface area (Å²) in [7, 11) is 0. The molecule has 0 fully saturated rings.